The van der Waals surface area contributed by atoms with Crippen molar-refractivity contribution in [2.24, 2.45) is 5.73 Å². The van der Waals surface area contributed by atoms with Gasteiger partial charge in [0.15, 0.2) is 0 Å². The Bertz CT molecular complexity index is 1480. The van der Waals surface area contributed by atoms with Crippen LogP contribution in [0.1, 0.15) is 33.6 Å². The molecule has 0 aromatic heterocycles. The number of rotatable bonds is 7. The number of piperidine rings is 1. The Morgan fingerprint density at radius 1 is 0.950 bits per heavy atom. The highest BCUT2D eigenvalue weighted by Crippen LogP contribution is 2.29. The molecular weight excluding hydrogens is 599 g/mol. The van der Waals surface area contributed by atoms with Gasteiger partial charge in [-0.3, -0.25) is 14.4 Å². The summed E-state index contributed by atoms with van der Waals surface area (Å²) in [6, 6.07) is 17.2. The number of nitrogens with zero attached hydrogens (tertiary/aromatic N) is 2. The van der Waals surface area contributed by atoms with Crippen LogP contribution >= 0.6 is 35.6 Å². The highest BCUT2D eigenvalue weighted by atomic mass is 35.5. The van der Waals surface area contributed by atoms with E-state index < -0.39 is 21.8 Å². The van der Waals surface area contributed by atoms with Gasteiger partial charge in [0.25, 0.3) is 21.8 Å². The molecule has 0 saturated carbocycles. The molecule has 0 spiro atoms. The lowest BCUT2D eigenvalue weighted by molar-refractivity contribution is -0.131. The summed E-state index contributed by atoms with van der Waals surface area (Å²) < 4.78 is 28.0. The number of amides is 3. The van der Waals surface area contributed by atoms with Gasteiger partial charge in [0, 0.05) is 29.7 Å². The number of para-hydroxylation sites is 1. The summed E-state index contributed by atoms with van der Waals surface area (Å²) in [4.78, 5) is 39.9. The van der Waals surface area contributed by atoms with Crippen LogP contribution in [0, 0.1) is 0 Å². The quantitative estimate of drug-likeness (QED) is 0.406. The molecule has 0 radical (unpaired) electrons. The second-order valence-corrected chi connectivity index (χ2v) is 11.6. The average Bonchev–Trinajstić information content (AvgIpc) is 2.92. The predicted molar refractivity (Wildman–Crippen MR) is 157 cm³/mol. The van der Waals surface area contributed by atoms with E-state index in [0.29, 0.717) is 35.3 Å². The first-order valence-corrected chi connectivity index (χ1v) is 14.3. The van der Waals surface area contributed by atoms with Crippen LogP contribution in [0.5, 0.6) is 0 Å². The minimum atomic E-state index is -4.43. The molecule has 0 bridgehead atoms. The fourth-order valence-corrected chi connectivity index (χ4v) is 6.00. The third kappa shape index (κ3) is 7.13. The summed E-state index contributed by atoms with van der Waals surface area (Å²) in [6.07, 6.45) is 1.42. The van der Waals surface area contributed by atoms with Gasteiger partial charge in [0.1, 0.15) is 0 Å². The zero-order valence-electron chi connectivity index (χ0n) is 21.1. The molecule has 3 N–H and O–H groups in total. The summed E-state index contributed by atoms with van der Waals surface area (Å²) in [7, 11) is -4.43. The van der Waals surface area contributed by atoms with Crippen molar-refractivity contribution < 1.29 is 22.8 Å². The Balaban J connectivity index is 0.00000441. The summed E-state index contributed by atoms with van der Waals surface area (Å²) in [5.74, 6) is -1.63. The Morgan fingerprint density at radius 2 is 1.57 bits per heavy atom. The molecule has 1 fully saturated rings. The van der Waals surface area contributed by atoms with Gasteiger partial charge in [0.2, 0.25) is 5.91 Å². The van der Waals surface area contributed by atoms with E-state index >= 15 is 0 Å². The van der Waals surface area contributed by atoms with Gasteiger partial charge in [0.05, 0.1) is 27.7 Å². The zero-order chi connectivity index (χ0) is 28.2. The van der Waals surface area contributed by atoms with Crippen LogP contribution in [-0.4, -0.2) is 56.7 Å². The monoisotopic (exact) mass is 624 g/mol. The van der Waals surface area contributed by atoms with Crippen molar-refractivity contribution in [3.8, 4) is 0 Å². The van der Waals surface area contributed by atoms with Crippen molar-refractivity contribution in [2.75, 3.05) is 23.9 Å². The van der Waals surface area contributed by atoms with E-state index in [1.54, 1.807) is 23.1 Å². The van der Waals surface area contributed by atoms with Crippen molar-refractivity contribution in [1.29, 1.82) is 0 Å². The lowest BCUT2D eigenvalue weighted by Gasteiger charge is -2.30. The summed E-state index contributed by atoms with van der Waals surface area (Å²) in [6.45, 7) is 0.896. The first kappa shape index (κ1) is 31.4. The van der Waals surface area contributed by atoms with Crippen LogP contribution in [0.2, 0.25) is 10.0 Å². The molecule has 1 aliphatic heterocycles. The molecule has 40 heavy (non-hydrogen) atoms. The molecule has 0 unspecified atom stereocenters. The molecular formula is C27H27Cl3N4O5S. The van der Waals surface area contributed by atoms with Crippen LogP contribution in [0.25, 0.3) is 0 Å². The van der Waals surface area contributed by atoms with E-state index in [4.69, 9.17) is 28.9 Å². The van der Waals surface area contributed by atoms with E-state index in [1.165, 1.54) is 54.6 Å². The van der Waals surface area contributed by atoms with Crippen molar-refractivity contribution in [3.05, 3.63) is 94.0 Å². The lowest BCUT2D eigenvalue weighted by atomic mass is 10.1. The molecule has 3 aromatic rings. The van der Waals surface area contributed by atoms with Gasteiger partial charge in [-0.05, 0) is 67.4 Å². The van der Waals surface area contributed by atoms with Crippen LogP contribution in [-0.2, 0) is 14.8 Å². The number of sulfonamides is 1. The van der Waals surface area contributed by atoms with Crippen LogP contribution in [0.4, 0.5) is 5.69 Å². The Labute approximate surface area is 248 Å². The molecule has 1 heterocycles. The summed E-state index contributed by atoms with van der Waals surface area (Å²) >= 11 is 12.2. The third-order valence-electron chi connectivity index (χ3n) is 6.28. The fourth-order valence-electron chi connectivity index (χ4n) is 4.10. The van der Waals surface area contributed by atoms with Crippen molar-refractivity contribution >= 4 is 69.0 Å². The smallest absolute Gasteiger partial charge is 0.273 e. The van der Waals surface area contributed by atoms with E-state index in [2.05, 4.69) is 5.32 Å². The fraction of sp³-hybridized carbons (Fsp3) is 0.222. The Kier molecular flexibility index (Phi) is 10.6. The molecule has 212 valence electrons. The number of carbonyl (C=O) groups is 3. The van der Waals surface area contributed by atoms with Gasteiger partial charge in [-0.1, -0.05) is 41.4 Å². The highest BCUT2D eigenvalue weighted by molar-refractivity contribution is 7.93. The third-order valence-corrected chi connectivity index (χ3v) is 8.56. The van der Waals surface area contributed by atoms with Gasteiger partial charge in [-0.2, -0.15) is 4.31 Å². The first-order valence-electron chi connectivity index (χ1n) is 12.1. The van der Waals surface area contributed by atoms with E-state index in [0.717, 1.165) is 0 Å². The van der Waals surface area contributed by atoms with Crippen molar-refractivity contribution in [3.63, 3.8) is 0 Å². The van der Waals surface area contributed by atoms with Crippen molar-refractivity contribution in [2.45, 2.75) is 23.8 Å². The molecule has 1 saturated heterocycles. The van der Waals surface area contributed by atoms with Crippen molar-refractivity contribution in [1.82, 2.24) is 10.2 Å². The zero-order valence-corrected chi connectivity index (χ0v) is 24.3. The van der Waals surface area contributed by atoms with E-state index in [1.807, 2.05) is 0 Å². The summed E-state index contributed by atoms with van der Waals surface area (Å²) in [5, 5.41) is 2.85. The maximum atomic E-state index is 13.7. The van der Waals surface area contributed by atoms with E-state index in [9.17, 15) is 22.8 Å². The topological polar surface area (TPSA) is 130 Å². The Hall–Kier alpha value is -3.15. The van der Waals surface area contributed by atoms with Crippen LogP contribution in [0.3, 0.4) is 0 Å². The van der Waals surface area contributed by atoms with Gasteiger partial charge < -0.3 is 16.0 Å². The highest BCUT2D eigenvalue weighted by Gasteiger charge is 2.33. The average molecular weight is 626 g/mol. The number of nitrogens with one attached hydrogen (secondary N) is 1. The number of nitrogens with two attached hydrogens (primary N) is 1. The van der Waals surface area contributed by atoms with Gasteiger partial charge in [-0.25, -0.2) is 8.42 Å². The second kappa shape index (κ2) is 13.5. The molecule has 1 aliphatic rings. The molecule has 4 rings (SSSR count). The number of benzene rings is 3. The largest absolute Gasteiger partial charge is 0.343 e. The molecule has 3 aromatic carbocycles. The maximum Gasteiger partial charge on any atom is 0.273 e. The molecule has 0 aliphatic carbocycles. The predicted octanol–water partition coefficient (Wildman–Crippen LogP) is 4.13. The van der Waals surface area contributed by atoms with Crippen LogP contribution < -0.4 is 15.4 Å². The van der Waals surface area contributed by atoms with Gasteiger partial charge in [-0.15, -0.1) is 12.4 Å². The minimum Gasteiger partial charge on any atom is -0.343 e. The number of hydrogen-bond acceptors (Lipinski definition) is 6. The van der Waals surface area contributed by atoms with Gasteiger partial charge >= 0.3 is 0 Å². The number of carbonyl (C=O) groups excluding carboxylic acids is 3. The first-order chi connectivity index (χ1) is 18.6. The van der Waals surface area contributed by atoms with E-state index in [-0.39, 0.29) is 57.6 Å². The number of anilines is 1. The standard InChI is InChI=1S/C27H26Cl2N4O5S.ClH/c28-19-8-11-23(24(29)16-19)27(36)33(21-4-2-1-3-5-21)39(37,38)22-9-6-18(7-10-22)26(35)31-17-25(34)32-14-12-20(30)13-15-32;/h1-11,16,20H,12-15,17,30H2,(H,31,35);1H. The molecule has 0 atom stereocenters. The SMILES string of the molecule is Cl.NC1CCN(C(=O)CNC(=O)c2ccc(S(=O)(=O)N(C(=O)c3ccc(Cl)cc3Cl)c3ccccc3)cc2)CC1. The molecule has 9 nitrogen and oxygen atoms in total. The van der Waals surface area contributed by atoms with Crippen LogP contribution in [0.15, 0.2) is 77.7 Å². The number of halogens is 3. The lowest BCUT2D eigenvalue weighted by Crippen LogP contribution is -2.46. The second-order valence-electron chi connectivity index (χ2n) is 8.96. The number of hydrogen-bond donors (Lipinski definition) is 2. The maximum absolute atomic E-state index is 13.7. The normalized spacial score (nSPS) is 13.7. The molecule has 13 heteroatoms. The Morgan fingerprint density at radius 3 is 2.17 bits per heavy atom. The number of likely N-dealkylation sites (tertiary alicyclic amines) is 1. The minimum absolute atomic E-state index is 0. The molecule has 3 amide bonds. The summed E-state index contributed by atoms with van der Waals surface area (Å²) in [5.41, 5.74) is 6.07.